The number of H-pyrrole nitrogens is 1. The molecule has 0 radical (unpaired) electrons. The van der Waals surface area contributed by atoms with Crippen LogP contribution in [-0.4, -0.2) is 17.0 Å². The van der Waals surface area contributed by atoms with Gasteiger partial charge in [0.25, 0.3) is 0 Å². The minimum atomic E-state index is -0.879. The van der Waals surface area contributed by atoms with E-state index < -0.39 is 17.8 Å². The van der Waals surface area contributed by atoms with Gasteiger partial charge in [-0.15, -0.1) is 0 Å². The Kier molecular flexibility index (Phi) is 5.24. The number of carbonyl (C=O) groups excluding carboxylic acids is 1. The van der Waals surface area contributed by atoms with Crippen molar-refractivity contribution in [1.29, 1.82) is 0 Å². The van der Waals surface area contributed by atoms with Crippen LogP contribution >= 0.6 is 0 Å². The fourth-order valence-electron chi connectivity index (χ4n) is 3.85. The maximum absolute atomic E-state index is 14.1. The first-order valence-electron chi connectivity index (χ1n) is 10.3. The molecule has 0 amide bonds. The van der Waals surface area contributed by atoms with Gasteiger partial charge in [0.2, 0.25) is 5.43 Å². The van der Waals surface area contributed by atoms with Crippen LogP contribution in [0.25, 0.3) is 33.0 Å². The van der Waals surface area contributed by atoms with E-state index in [1.165, 1.54) is 36.6 Å². The number of ether oxygens (including phenoxy) is 1. The van der Waals surface area contributed by atoms with Crippen LogP contribution in [0.1, 0.15) is 5.56 Å². The van der Waals surface area contributed by atoms with Gasteiger partial charge >= 0.3 is 5.97 Å². The first-order valence-corrected chi connectivity index (χ1v) is 10.3. The Morgan fingerprint density at radius 1 is 1.03 bits per heavy atom. The number of nitrogens with one attached hydrogen (secondary N) is 1. The molecule has 1 unspecified atom stereocenters. The van der Waals surface area contributed by atoms with Crippen LogP contribution in [0.15, 0.2) is 88.4 Å². The second-order valence-corrected chi connectivity index (χ2v) is 7.71. The molecule has 6 nitrogen and oxygen atoms in total. The van der Waals surface area contributed by atoms with Crippen molar-refractivity contribution in [2.75, 3.05) is 0 Å². The average molecular weight is 442 g/mol. The third kappa shape index (κ3) is 3.90. The van der Waals surface area contributed by atoms with Crippen molar-refractivity contribution in [1.82, 2.24) is 4.98 Å². The fourth-order valence-corrected chi connectivity index (χ4v) is 3.85. The first-order chi connectivity index (χ1) is 16.0. The van der Waals surface area contributed by atoms with Gasteiger partial charge < -0.3 is 19.9 Å². The van der Waals surface area contributed by atoms with E-state index in [-0.39, 0.29) is 33.3 Å². The molecule has 0 bridgehead atoms. The quantitative estimate of drug-likeness (QED) is 0.307. The molecule has 0 saturated heterocycles. The van der Waals surface area contributed by atoms with Crippen LogP contribution in [0.3, 0.4) is 0 Å². The lowest BCUT2D eigenvalue weighted by Gasteiger charge is -2.11. The summed E-state index contributed by atoms with van der Waals surface area (Å²) in [7, 11) is 0. The number of carbonyl (C=O) groups is 1. The Labute approximate surface area is 187 Å². The number of aromatic amines is 1. The van der Waals surface area contributed by atoms with Gasteiger partial charge in [-0.25, -0.2) is 9.18 Å². The predicted molar refractivity (Wildman–Crippen MR) is 123 cm³/mol. The number of para-hydroxylation sites is 1. The maximum Gasteiger partial charge on any atom is 0.328 e. The normalized spacial score (nSPS) is 12.2. The zero-order valence-electron chi connectivity index (χ0n) is 17.4. The number of nitrogens with two attached hydrogens (primary N) is 1. The molecule has 2 heterocycles. The number of halogens is 1. The van der Waals surface area contributed by atoms with Gasteiger partial charge in [-0.3, -0.25) is 4.79 Å². The fraction of sp³-hybridized carbons (Fsp3) is 0.0769. The summed E-state index contributed by atoms with van der Waals surface area (Å²) >= 11 is 0. The van der Waals surface area contributed by atoms with Crippen LogP contribution in [0, 0.1) is 5.82 Å². The number of aromatic nitrogens is 1. The van der Waals surface area contributed by atoms with Crippen molar-refractivity contribution in [2.24, 2.45) is 5.73 Å². The molecule has 5 aromatic rings. The summed E-state index contributed by atoms with van der Waals surface area (Å²) in [6.45, 7) is 0. The van der Waals surface area contributed by atoms with Crippen molar-refractivity contribution in [3.8, 4) is 16.9 Å². The van der Waals surface area contributed by atoms with Gasteiger partial charge in [-0.1, -0.05) is 36.4 Å². The number of esters is 1. The molecular formula is C26H19FN2O4. The van der Waals surface area contributed by atoms with E-state index in [0.29, 0.717) is 6.42 Å². The lowest BCUT2D eigenvalue weighted by atomic mass is 10.0. The molecule has 3 aromatic carbocycles. The zero-order chi connectivity index (χ0) is 22.9. The van der Waals surface area contributed by atoms with Gasteiger partial charge in [-0.2, -0.15) is 0 Å². The smallest absolute Gasteiger partial charge is 0.328 e. The summed E-state index contributed by atoms with van der Waals surface area (Å²) in [5.74, 6) is -0.924. The van der Waals surface area contributed by atoms with E-state index in [1.807, 2.05) is 30.5 Å². The number of fused-ring (bicyclic) bond motifs is 2. The van der Waals surface area contributed by atoms with E-state index in [0.717, 1.165) is 16.5 Å². The van der Waals surface area contributed by atoms with Crippen molar-refractivity contribution in [3.05, 3.63) is 101 Å². The Morgan fingerprint density at radius 2 is 1.82 bits per heavy atom. The standard InChI is InChI=1S/C26H19FN2O4/c27-21-7-3-1-6-18(21)20-14-32-24-12-16(9-10-19(24)25(20)30)33-26(31)22(28)11-15-13-29-23-8-4-2-5-17(15)23/h1-10,12-14,22,29H,11,28H2. The third-order valence-corrected chi connectivity index (χ3v) is 5.55. The minimum Gasteiger partial charge on any atom is -0.463 e. The highest BCUT2D eigenvalue weighted by atomic mass is 19.1. The molecule has 1 atom stereocenters. The van der Waals surface area contributed by atoms with Crippen LogP contribution in [0.4, 0.5) is 4.39 Å². The number of hydrogen-bond donors (Lipinski definition) is 2. The SMILES string of the molecule is NC(Cc1c[nH]c2ccccc12)C(=O)Oc1ccc2c(=O)c(-c3ccccc3F)coc2c1. The van der Waals surface area contributed by atoms with Crippen molar-refractivity contribution >= 4 is 27.8 Å². The van der Waals surface area contributed by atoms with Gasteiger partial charge in [0.1, 0.15) is 29.5 Å². The third-order valence-electron chi connectivity index (χ3n) is 5.55. The molecule has 0 fully saturated rings. The highest BCUT2D eigenvalue weighted by Gasteiger charge is 2.19. The maximum atomic E-state index is 14.1. The molecule has 3 N–H and O–H groups in total. The van der Waals surface area contributed by atoms with E-state index in [4.69, 9.17) is 14.9 Å². The number of benzene rings is 3. The molecule has 0 aliphatic rings. The largest absolute Gasteiger partial charge is 0.463 e. The van der Waals surface area contributed by atoms with E-state index >= 15 is 0 Å². The highest BCUT2D eigenvalue weighted by molar-refractivity contribution is 5.86. The molecular weight excluding hydrogens is 423 g/mol. The summed E-state index contributed by atoms with van der Waals surface area (Å²) in [6, 6.07) is 17.3. The van der Waals surface area contributed by atoms with Gasteiger partial charge in [0.15, 0.2) is 0 Å². The number of hydrogen-bond acceptors (Lipinski definition) is 5. The van der Waals surface area contributed by atoms with E-state index in [2.05, 4.69) is 4.98 Å². The molecule has 0 saturated carbocycles. The summed E-state index contributed by atoms with van der Waals surface area (Å²) < 4.78 is 25.1. The summed E-state index contributed by atoms with van der Waals surface area (Å²) in [5.41, 5.74) is 8.08. The van der Waals surface area contributed by atoms with E-state index in [9.17, 15) is 14.0 Å². The Morgan fingerprint density at radius 3 is 2.67 bits per heavy atom. The molecule has 2 aromatic heterocycles. The number of rotatable bonds is 5. The Bertz CT molecular complexity index is 1550. The van der Waals surface area contributed by atoms with Gasteiger partial charge in [0, 0.05) is 35.2 Å². The highest BCUT2D eigenvalue weighted by Crippen LogP contribution is 2.25. The van der Waals surface area contributed by atoms with Crippen molar-refractivity contribution in [2.45, 2.75) is 12.5 Å². The second-order valence-electron chi connectivity index (χ2n) is 7.71. The average Bonchev–Trinajstić information content (AvgIpc) is 3.23. The molecule has 33 heavy (non-hydrogen) atoms. The molecule has 7 heteroatoms. The van der Waals surface area contributed by atoms with Gasteiger partial charge in [0.05, 0.1) is 10.9 Å². The first kappa shape index (κ1) is 20.7. The van der Waals surface area contributed by atoms with Crippen LogP contribution in [-0.2, 0) is 11.2 Å². The molecule has 0 aliphatic heterocycles. The van der Waals surface area contributed by atoms with Crippen molar-refractivity contribution < 1.29 is 18.3 Å². The molecule has 5 rings (SSSR count). The lowest BCUT2D eigenvalue weighted by Crippen LogP contribution is -2.36. The molecule has 0 spiro atoms. The topological polar surface area (TPSA) is 98.3 Å². The molecule has 164 valence electrons. The lowest BCUT2D eigenvalue weighted by molar-refractivity contribution is -0.135. The second kappa shape index (κ2) is 8.37. The van der Waals surface area contributed by atoms with E-state index in [1.54, 1.807) is 12.1 Å². The van der Waals surface area contributed by atoms with Crippen LogP contribution in [0.2, 0.25) is 0 Å². The summed E-state index contributed by atoms with van der Waals surface area (Å²) in [5, 5.41) is 1.25. The minimum absolute atomic E-state index is 0.117. The van der Waals surface area contributed by atoms with Gasteiger partial charge in [-0.05, 0) is 29.8 Å². The van der Waals surface area contributed by atoms with Crippen LogP contribution in [0.5, 0.6) is 5.75 Å². The van der Waals surface area contributed by atoms with Crippen LogP contribution < -0.4 is 15.9 Å². The zero-order valence-corrected chi connectivity index (χ0v) is 17.4. The Hall–Kier alpha value is -4.23. The monoisotopic (exact) mass is 442 g/mol. The summed E-state index contributed by atoms with van der Waals surface area (Å²) in [4.78, 5) is 28.6. The molecule has 0 aliphatic carbocycles. The summed E-state index contributed by atoms with van der Waals surface area (Å²) in [6.07, 6.45) is 3.34. The van der Waals surface area contributed by atoms with Crippen molar-refractivity contribution in [3.63, 3.8) is 0 Å². The predicted octanol–water partition coefficient (Wildman–Crippen LogP) is 4.56. The Balaban J connectivity index is 1.37.